The van der Waals surface area contributed by atoms with E-state index in [1.807, 2.05) is 13.8 Å². The third-order valence-electron chi connectivity index (χ3n) is 3.99. The fourth-order valence-corrected chi connectivity index (χ4v) is 2.71. The van der Waals surface area contributed by atoms with Crippen LogP contribution in [-0.2, 0) is 0 Å². The summed E-state index contributed by atoms with van der Waals surface area (Å²) in [7, 11) is 0. The average Bonchev–Trinajstić information content (AvgIpc) is 3.16. The number of amides is 1. The van der Waals surface area contributed by atoms with Crippen LogP contribution in [0.5, 0.6) is 0 Å². The van der Waals surface area contributed by atoms with Gasteiger partial charge in [0.05, 0.1) is 15.5 Å². The van der Waals surface area contributed by atoms with Crippen LogP contribution >= 0.6 is 11.6 Å². The van der Waals surface area contributed by atoms with Gasteiger partial charge in [0, 0.05) is 30.1 Å². The van der Waals surface area contributed by atoms with Crippen LogP contribution in [0.2, 0.25) is 5.02 Å². The van der Waals surface area contributed by atoms with E-state index in [-0.39, 0.29) is 28.1 Å². The van der Waals surface area contributed by atoms with Gasteiger partial charge in [0.1, 0.15) is 6.04 Å². The van der Waals surface area contributed by atoms with Crippen LogP contribution < -0.4 is 5.32 Å². The monoisotopic (exact) mass is 401 g/mol. The fourth-order valence-electron chi connectivity index (χ4n) is 2.51. The second-order valence-corrected chi connectivity index (χ2v) is 6.72. The number of halogens is 1. The van der Waals surface area contributed by atoms with Crippen molar-refractivity contribution in [2.45, 2.75) is 19.9 Å². The summed E-state index contributed by atoms with van der Waals surface area (Å²) in [6.07, 6.45) is 3.23. The number of pyridine rings is 1. The van der Waals surface area contributed by atoms with Crippen molar-refractivity contribution in [1.29, 1.82) is 0 Å². The molecule has 0 aliphatic carbocycles. The van der Waals surface area contributed by atoms with Crippen LogP contribution in [0.15, 0.2) is 47.2 Å². The maximum Gasteiger partial charge on any atom is 0.270 e. The molecule has 0 aliphatic rings. The lowest BCUT2D eigenvalue weighted by Gasteiger charge is -2.18. The third-order valence-corrected chi connectivity index (χ3v) is 4.32. The quantitative estimate of drug-likeness (QED) is 0.491. The Balaban J connectivity index is 1.86. The third kappa shape index (κ3) is 4.15. The Hall–Kier alpha value is -3.33. The summed E-state index contributed by atoms with van der Waals surface area (Å²) in [6, 6.07) is 6.60. The number of hydrogen-bond donors (Lipinski definition) is 1. The molecule has 2 aromatic heterocycles. The minimum absolute atomic E-state index is 0.00600. The molecule has 0 spiro atoms. The molecule has 3 rings (SSSR count). The number of carbonyl (C=O) groups excluding carboxylic acids is 1. The lowest BCUT2D eigenvalue weighted by Crippen LogP contribution is -2.32. The van der Waals surface area contributed by atoms with Crippen LogP contribution in [0, 0.1) is 16.0 Å². The normalized spacial score (nSPS) is 12.0. The predicted octanol–water partition coefficient (Wildman–Crippen LogP) is 3.82. The lowest BCUT2D eigenvalue weighted by atomic mass is 10.0. The highest BCUT2D eigenvalue weighted by Gasteiger charge is 2.27. The number of carbonyl (C=O) groups is 1. The molecule has 0 bridgehead atoms. The number of non-ortho nitro benzene ring substituents is 1. The molecule has 1 unspecified atom stereocenters. The molecule has 3 aromatic rings. The summed E-state index contributed by atoms with van der Waals surface area (Å²) in [5.41, 5.74) is 0.439. The number of hydrogen-bond acceptors (Lipinski definition) is 7. The summed E-state index contributed by atoms with van der Waals surface area (Å²) in [5, 5.41) is 17.8. The minimum atomic E-state index is -0.610. The molecule has 0 saturated heterocycles. The van der Waals surface area contributed by atoms with E-state index in [0.29, 0.717) is 11.4 Å². The van der Waals surface area contributed by atoms with Crippen LogP contribution in [0.4, 0.5) is 5.69 Å². The van der Waals surface area contributed by atoms with Gasteiger partial charge in [-0.3, -0.25) is 19.9 Å². The first-order valence-corrected chi connectivity index (χ1v) is 8.73. The largest absolute Gasteiger partial charge is 0.340 e. The molecule has 28 heavy (non-hydrogen) atoms. The van der Waals surface area contributed by atoms with Gasteiger partial charge >= 0.3 is 0 Å². The summed E-state index contributed by atoms with van der Waals surface area (Å²) < 4.78 is 5.33. The first kappa shape index (κ1) is 19.4. The minimum Gasteiger partial charge on any atom is -0.340 e. The van der Waals surface area contributed by atoms with Crippen molar-refractivity contribution in [3.8, 4) is 11.4 Å². The van der Waals surface area contributed by atoms with E-state index in [2.05, 4.69) is 20.4 Å². The molecule has 0 aliphatic heterocycles. The molecule has 1 N–H and O–H groups in total. The average molecular weight is 402 g/mol. The van der Waals surface area contributed by atoms with Crippen molar-refractivity contribution in [1.82, 2.24) is 20.4 Å². The molecule has 0 saturated carbocycles. The molecule has 1 amide bonds. The Morgan fingerprint density at radius 1 is 1.32 bits per heavy atom. The molecular formula is C18H16ClN5O4. The zero-order valence-electron chi connectivity index (χ0n) is 15.0. The van der Waals surface area contributed by atoms with E-state index in [4.69, 9.17) is 16.1 Å². The molecule has 0 fully saturated rings. The highest BCUT2D eigenvalue weighted by atomic mass is 35.5. The van der Waals surface area contributed by atoms with Gasteiger partial charge in [-0.2, -0.15) is 4.98 Å². The standard InChI is InChI=1S/C18H16ClN5O4/c1-10(2)15(18-22-16(23-28-18)11-4-3-7-20-9-11)21-17(25)13-8-12(24(26)27)5-6-14(13)19/h3-10,15H,1-2H3,(H,21,25). The Morgan fingerprint density at radius 2 is 2.11 bits per heavy atom. The first-order valence-electron chi connectivity index (χ1n) is 8.35. The van der Waals surface area contributed by atoms with Gasteiger partial charge in [-0.05, 0) is 24.1 Å². The molecular weight excluding hydrogens is 386 g/mol. The lowest BCUT2D eigenvalue weighted by molar-refractivity contribution is -0.384. The maximum atomic E-state index is 12.7. The number of nitro groups is 1. The Labute approximate surface area is 164 Å². The fraction of sp³-hybridized carbons (Fsp3) is 0.222. The van der Waals surface area contributed by atoms with E-state index in [0.717, 1.165) is 6.07 Å². The molecule has 0 radical (unpaired) electrons. The van der Waals surface area contributed by atoms with Gasteiger partial charge in [-0.25, -0.2) is 0 Å². The number of aromatic nitrogens is 3. The van der Waals surface area contributed by atoms with Gasteiger partial charge in [0.15, 0.2) is 0 Å². The number of nitrogens with one attached hydrogen (secondary N) is 1. The second-order valence-electron chi connectivity index (χ2n) is 6.31. The van der Waals surface area contributed by atoms with Crippen molar-refractivity contribution in [2.75, 3.05) is 0 Å². The van der Waals surface area contributed by atoms with Crippen LogP contribution in [0.3, 0.4) is 0 Å². The van der Waals surface area contributed by atoms with Gasteiger partial charge in [-0.1, -0.05) is 30.6 Å². The van der Waals surface area contributed by atoms with Gasteiger partial charge < -0.3 is 9.84 Å². The van der Waals surface area contributed by atoms with E-state index in [9.17, 15) is 14.9 Å². The van der Waals surface area contributed by atoms with Gasteiger partial charge in [-0.15, -0.1) is 0 Å². The van der Waals surface area contributed by atoms with Crippen LogP contribution in [-0.4, -0.2) is 26.0 Å². The summed E-state index contributed by atoms with van der Waals surface area (Å²) in [5.74, 6) is -0.114. The number of benzene rings is 1. The van der Waals surface area contributed by atoms with Crippen molar-refractivity contribution in [3.63, 3.8) is 0 Å². The predicted molar refractivity (Wildman–Crippen MR) is 101 cm³/mol. The Kier molecular flexibility index (Phi) is 5.65. The van der Waals surface area contributed by atoms with Crippen molar-refractivity contribution >= 4 is 23.2 Å². The van der Waals surface area contributed by atoms with Crippen molar-refractivity contribution < 1.29 is 14.2 Å². The molecule has 10 heteroatoms. The number of nitro benzene ring substituents is 1. The maximum absolute atomic E-state index is 12.7. The zero-order chi connectivity index (χ0) is 20.3. The smallest absolute Gasteiger partial charge is 0.270 e. The molecule has 9 nitrogen and oxygen atoms in total. The molecule has 1 atom stereocenters. The van der Waals surface area contributed by atoms with Crippen molar-refractivity contribution in [2.24, 2.45) is 5.92 Å². The number of rotatable bonds is 6. The van der Waals surface area contributed by atoms with E-state index < -0.39 is 16.9 Å². The SMILES string of the molecule is CC(C)C(NC(=O)c1cc([N+](=O)[O-])ccc1Cl)c1nc(-c2cccnc2)no1. The molecule has 144 valence electrons. The number of nitrogens with zero attached hydrogens (tertiary/aromatic N) is 4. The molecule has 1 aromatic carbocycles. The van der Waals surface area contributed by atoms with E-state index >= 15 is 0 Å². The van der Waals surface area contributed by atoms with Crippen molar-refractivity contribution in [3.05, 3.63) is 69.3 Å². The summed E-state index contributed by atoms with van der Waals surface area (Å²) in [4.78, 5) is 31.4. The Morgan fingerprint density at radius 3 is 2.75 bits per heavy atom. The van der Waals surface area contributed by atoms with Gasteiger partial charge in [0.25, 0.3) is 11.6 Å². The first-order chi connectivity index (χ1) is 13.4. The summed E-state index contributed by atoms with van der Waals surface area (Å²) in [6.45, 7) is 3.74. The van der Waals surface area contributed by atoms with E-state index in [1.54, 1.807) is 24.5 Å². The zero-order valence-corrected chi connectivity index (χ0v) is 15.8. The highest BCUT2D eigenvalue weighted by molar-refractivity contribution is 6.33. The van der Waals surface area contributed by atoms with E-state index in [1.165, 1.54) is 12.1 Å². The summed E-state index contributed by atoms with van der Waals surface area (Å²) >= 11 is 6.05. The Bertz CT molecular complexity index is 1010. The van der Waals surface area contributed by atoms with Gasteiger partial charge in [0.2, 0.25) is 11.7 Å². The van der Waals surface area contributed by atoms with Crippen LogP contribution in [0.25, 0.3) is 11.4 Å². The highest BCUT2D eigenvalue weighted by Crippen LogP contribution is 2.26. The second kappa shape index (κ2) is 8.13. The van der Waals surface area contributed by atoms with Crippen LogP contribution in [0.1, 0.15) is 36.1 Å². The topological polar surface area (TPSA) is 124 Å². The molecule has 2 heterocycles.